The second kappa shape index (κ2) is 6.86. The topological polar surface area (TPSA) is 37.3 Å². The molecule has 0 saturated carbocycles. The summed E-state index contributed by atoms with van der Waals surface area (Å²) in [5.74, 6) is -1.12. The third-order valence-electron chi connectivity index (χ3n) is 3.18. The summed E-state index contributed by atoms with van der Waals surface area (Å²) < 4.78 is 0. The van der Waals surface area contributed by atoms with Crippen LogP contribution in [0.5, 0.6) is 0 Å². The first-order valence-corrected chi connectivity index (χ1v) is 8.06. The van der Waals surface area contributed by atoms with Gasteiger partial charge in [-0.2, -0.15) is 0 Å². The number of carboxylic acids is 1. The molecule has 0 fully saturated rings. The van der Waals surface area contributed by atoms with Gasteiger partial charge < -0.3 is 5.11 Å². The highest BCUT2D eigenvalue weighted by Gasteiger charge is 2.23. The summed E-state index contributed by atoms with van der Waals surface area (Å²) in [6.45, 7) is 1.80. The van der Waals surface area contributed by atoms with E-state index in [1.54, 1.807) is 6.92 Å². The fraction of sp³-hybridized carbons (Fsp3) is 0.133. The van der Waals surface area contributed by atoms with Crippen LogP contribution in [0.2, 0.25) is 25.1 Å². The van der Waals surface area contributed by atoms with Gasteiger partial charge in [-0.05, 0) is 35.7 Å². The van der Waals surface area contributed by atoms with E-state index in [2.05, 4.69) is 0 Å². The average molecular weight is 399 g/mol. The molecule has 0 unspecified atom stereocenters. The summed E-state index contributed by atoms with van der Waals surface area (Å²) in [5.41, 5.74) is 1.28. The summed E-state index contributed by atoms with van der Waals surface area (Å²) >= 11 is 30.4. The van der Waals surface area contributed by atoms with Crippen molar-refractivity contribution in [2.45, 2.75) is 13.3 Å². The molecule has 1 N–H and O–H groups in total. The molecule has 0 aliphatic heterocycles. The molecule has 0 spiro atoms. The molecule has 2 rings (SSSR count). The monoisotopic (exact) mass is 396 g/mol. The largest absolute Gasteiger partial charge is 0.478 e. The molecule has 0 bridgehead atoms. The van der Waals surface area contributed by atoms with Crippen LogP contribution in [0.1, 0.15) is 22.8 Å². The van der Waals surface area contributed by atoms with E-state index in [0.717, 1.165) is 0 Å². The molecule has 0 amide bonds. The quantitative estimate of drug-likeness (QED) is 0.572. The highest BCUT2D eigenvalue weighted by molar-refractivity contribution is 6.45. The van der Waals surface area contributed by atoms with Crippen molar-refractivity contribution in [1.29, 1.82) is 0 Å². The first-order valence-electron chi connectivity index (χ1n) is 6.17. The van der Waals surface area contributed by atoms with Crippen LogP contribution in [-0.2, 0) is 6.42 Å². The van der Waals surface area contributed by atoms with E-state index >= 15 is 0 Å². The molecule has 22 heavy (non-hydrogen) atoms. The van der Waals surface area contributed by atoms with Gasteiger partial charge in [-0.3, -0.25) is 0 Å². The summed E-state index contributed by atoms with van der Waals surface area (Å²) in [6, 6.07) is 4.44. The fourth-order valence-electron chi connectivity index (χ4n) is 2.20. The minimum Gasteiger partial charge on any atom is -0.478 e. The minimum absolute atomic E-state index is 0.0530. The first kappa shape index (κ1) is 17.7. The van der Waals surface area contributed by atoms with Crippen LogP contribution in [0, 0.1) is 0 Å². The van der Waals surface area contributed by atoms with Gasteiger partial charge >= 0.3 is 5.97 Å². The average Bonchev–Trinajstić information content (AvgIpc) is 2.44. The highest BCUT2D eigenvalue weighted by Crippen LogP contribution is 2.41. The zero-order chi connectivity index (χ0) is 16.6. The van der Waals surface area contributed by atoms with Gasteiger partial charge in [-0.25, -0.2) is 4.79 Å². The van der Waals surface area contributed by atoms with Crippen LogP contribution in [0.25, 0.3) is 11.1 Å². The van der Waals surface area contributed by atoms with Crippen LogP contribution in [-0.4, -0.2) is 11.1 Å². The van der Waals surface area contributed by atoms with Crippen LogP contribution in [0.15, 0.2) is 18.2 Å². The number of carbonyl (C=O) groups is 1. The Labute approximate surface area is 152 Å². The molecule has 0 atom stereocenters. The number of aromatic carboxylic acids is 1. The van der Waals surface area contributed by atoms with E-state index in [0.29, 0.717) is 23.1 Å². The van der Waals surface area contributed by atoms with Gasteiger partial charge in [-0.1, -0.05) is 64.9 Å². The molecule has 0 heterocycles. The van der Waals surface area contributed by atoms with Crippen molar-refractivity contribution in [2.75, 3.05) is 0 Å². The lowest BCUT2D eigenvalue weighted by molar-refractivity contribution is 0.0696. The Morgan fingerprint density at radius 2 is 1.45 bits per heavy atom. The standard InChI is InChI=1S/C15H9Cl5O2/c1-2-6-13(15(21)22)8(4-12(19)14(6)20)7-3-10(17)11(18)5-9(7)16/h3-5H,2H2,1H3,(H,21,22). The number of carboxylic acid groups (broad SMARTS) is 1. The molecule has 0 radical (unpaired) electrons. The molecule has 2 aromatic rings. The summed E-state index contributed by atoms with van der Waals surface area (Å²) in [6.07, 6.45) is 0.410. The van der Waals surface area contributed by atoms with Gasteiger partial charge in [0.2, 0.25) is 0 Å². The second-order valence-corrected chi connectivity index (χ2v) is 6.49. The van der Waals surface area contributed by atoms with Crippen molar-refractivity contribution in [1.82, 2.24) is 0 Å². The van der Waals surface area contributed by atoms with Crippen LogP contribution in [0.4, 0.5) is 0 Å². The summed E-state index contributed by atoms with van der Waals surface area (Å²) in [5, 5.41) is 10.9. The maximum atomic E-state index is 11.7. The van der Waals surface area contributed by atoms with Gasteiger partial charge in [0.05, 0.1) is 30.7 Å². The van der Waals surface area contributed by atoms with Crippen molar-refractivity contribution in [3.8, 4) is 11.1 Å². The Morgan fingerprint density at radius 1 is 0.909 bits per heavy atom. The molecule has 0 aliphatic rings. The lowest BCUT2D eigenvalue weighted by atomic mass is 9.94. The predicted octanol–water partition coefficient (Wildman–Crippen LogP) is 6.88. The lowest BCUT2D eigenvalue weighted by Crippen LogP contribution is -2.06. The molecule has 2 nitrogen and oxygen atoms in total. The van der Waals surface area contributed by atoms with Gasteiger partial charge in [0.1, 0.15) is 0 Å². The Kier molecular flexibility index (Phi) is 5.52. The van der Waals surface area contributed by atoms with Gasteiger partial charge in [0.15, 0.2) is 0 Å². The highest BCUT2D eigenvalue weighted by atomic mass is 35.5. The normalized spacial score (nSPS) is 10.8. The van der Waals surface area contributed by atoms with E-state index in [9.17, 15) is 9.90 Å². The minimum atomic E-state index is -1.12. The van der Waals surface area contributed by atoms with Gasteiger partial charge in [0, 0.05) is 5.56 Å². The first-order chi connectivity index (χ1) is 10.3. The summed E-state index contributed by atoms with van der Waals surface area (Å²) in [7, 11) is 0. The van der Waals surface area contributed by atoms with E-state index in [4.69, 9.17) is 58.0 Å². The van der Waals surface area contributed by atoms with Crippen LogP contribution >= 0.6 is 58.0 Å². The zero-order valence-electron chi connectivity index (χ0n) is 11.2. The van der Waals surface area contributed by atoms with Crippen LogP contribution < -0.4 is 0 Å². The number of halogens is 5. The lowest BCUT2D eigenvalue weighted by Gasteiger charge is -2.15. The third-order valence-corrected chi connectivity index (χ3v) is 5.05. The van der Waals surface area contributed by atoms with Crippen molar-refractivity contribution >= 4 is 64.0 Å². The third kappa shape index (κ3) is 3.17. The zero-order valence-corrected chi connectivity index (χ0v) is 15.0. The Balaban J connectivity index is 2.89. The molecule has 0 aromatic heterocycles. The predicted molar refractivity (Wildman–Crippen MR) is 93.3 cm³/mol. The van der Waals surface area contributed by atoms with Crippen LogP contribution in [0.3, 0.4) is 0 Å². The fourth-order valence-corrected chi connectivity index (χ4v) is 3.35. The Hall–Kier alpha value is -0.640. The van der Waals surface area contributed by atoms with Gasteiger partial charge in [-0.15, -0.1) is 0 Å². The SMILES string of the molecule is CCc1c(Cl)c(Cl)cc(-c2cc(Cl)c(Cl)cc2Cl)c1C(=O)O. The van der Waals surface area contributed by atoms with Crippen molar-refractivity contribution < 1.29 is 9.90 Å². The number of rotatable bonds is 3. The Bertz CT molecular complexity index is 771. The number of hydrogen-bond acceptors (Lipinski definition) is 1. The smallest absolute Gasteiger partial charge is 0.336 e. The molecule has 7 heteroatoms. The maximum absolute atomic E-state index is 11.7. The molecule has 2 aromatic carbocycles. The Morgan fingerprint density at radius 3 is 2.00 bits per heavy atom. The van der Waals surface area contributed by atoms with E-state index in [1.807, 2.05) is 0 Å². The summed E-state index contributed by atoms with van der Waals surface area (Å²) in [4.78, 5) is 11.7. The van der Waals surface area contributed by atoms with Crippen molar-refractivity contribution in [3.63, 3.8) is 0 Å². The van der Waals surface area contributed by atoms with Crippen molar-refractivity contribution in [3.05, 3.63) is 54.4 Å². The molecule has 116 valence electrons. The van der Waals surface area contributed by atoms with E-state index < -0.39 is 5.97 Å². The van der Waals surface area contributed by atoms with E-state index in [1.165, 1.54) is 18.2 Å². The number of hydrogen-bond donors (Lipinski definition) is 1. The van der Waals surface area contributed by atoms with Gasteiger partial charge in [0.25, 0.3) is 0 Å². The maximum Gasteiger partial charge on any atom is 0.336 e. The molecular weight excluding hydrogens is 389 g/mol. The van der Waals surface area contributed by atoms with Crippen molar-refractivity contribution in [2.24, 2.45) is 0 Å². The molecular formula is C15H9Cl5O2. The molecule has 0 saturated heterocycles. The second-order valence-electron chi connectivity index (χ2n) is 4.48. The molecule has 0 aliphatic carbocycles. The number of benzene rings is 2. The van der Waals surface area contributed by atoms with E-state index in [-0.39, 0.29) is 30.7 Å².